The number of fused-ring (bicyclic) bond motifs is 1. The fourth-order valence-electron chi connectivity index (χ4n) is 4.04. The first-order valence-corrected chi connectivity index (χ1v) is 6.72. The van der Waals surface area contributed by atoms with Crippen LogP contribution in [-0.4, -0.2) is 24.3 Å². The number of hydrogen-bond donors (Lipinski definition) is 1. The zero-order valence-corrected chi connectivity index (χ0v) is 9.80. The second-order valence-corrected chi connectivity index (χ2v) is 5.72. The highest BCUT2D eigenvalue weighted by Crippen LogP contribution is 2.42. The van der Waals surface area contributed by atoms with Crippen molar-refractivity contribution in [3.05, 3.63) is 0 Å². The van der Waals surface area contributed by atoms with E-state index in [0.717, 1.165) is 12.5 Å². The van der Waals surface area contributed by atoms with Gasteiger partial charge < -0.3 is 10.1 Å². The maximum absolute atomic E-state index is 5.89. The van der Waals surface area contributed by atoms with Gasteiger partial charge in [0.2, 0.25) is 0 Å². The number of rotatable bonds is 1. The molecule has 3 fully saturated rings. The van der Waals surface area contributed by atoms with Gasteiger partial charge in [-0.3, -0.25) is 0 Å². The topological polar surface area (TPSA) is 21.3 Å². The second-order valence-electron chi connectivity index (χ2n) is 5.72. The predicted molar refractivity (Wildman–Crippen MR) is 60.9 cm³/mol. The summed E-state index contributed by atoms with van der Waals surface area (Å²) in [6.45, 7) is 3.22. The molecule has 0 aromatic carbocycles. The van der Waals surface area contributed by atoms with Gasteiger partial charge in [-0.25, -0.2) is 0 Å². The van der Waals surface area contributed by atoms with Crippen LogP contribution in [0, 0.1) is 5.92 Å². The lowest BCUT2D eigenvalue weighted by atomic mass is 9.77. The summed E-state index contributed by atoms with van der Waals surface area (Å²) >= 11 is 0. The van der Waals surface area contributed by atoms with Crippen LogP contribution in [0.2, 0.25) is 0 Å². The second kappa shape index (κ2) is 3.74. The number of ether oxygens (including phenoxy) is 1. The predicted octanol–water partition coefficient (Wildman–Crippen LogP) is 2.48. The first kappa shape index (κ1) is 10.1. The van der Waals surface area contributed by atoms with Crippen LogP contribution in [0.15, 0.2) is 0 Å². The van der Waals surface area contributed by atoms with Crippen molar-refractivity contribution in [1.82, 2.24) is 5.32 Å². The quantitative estimate of drug-likeness (QED) is 0.716. The summed E-state index contributed by atoms with van der Waals surface area (Å²) in [5.41, 5.74) is 0.521. The first-order chi connectivity index (χ1) is 7.33. The third-order valence-electron chi connectivity index (χ3n) is 4.90. The van der Waals surface area contributed by atoms with Gasteiger partial charge in [-0.15, -0.1) is 0 Å². The lowest BCUT2D eigenvalue weighted by Gasteiger charge is -2.42. The van der Waals surface area contributed by atoms with Gasteiger partial charge in [0.05, 0.1) is 12.7 Å². The smallest absolute Gasteiger partial charge is 0.0627 e. The lowest BCUT2D eigenvalue weighted by molar-refractivity contribution is 0.0830. The van der Waals surface area contributed by atoms with Crippen LogP contribution in [0.3, 0.4) is 0 Å². The van der Waals surface area contributed by atoms with Crippen LogP contribution in [0.5, 0.6) is 0 Å². The van der Waals surface area contributed by atoms with Crippen molar-refractivity contribution in [1.29, 1.82) is 0 Å². The molecule has 0 aromatic heterocycles. The van der Waals surface area contributed by atoms with E-state index in [4.69, 9.17) is 4.74 Å². The van der Waals surface area contributed by atoms with Crippen molar-refractivity contribution in [3.63, 3.8) is 0 Å². The Morgan fingerprint density at radius 3 is 2.80 bits per heavy atom. The third kappa shape index (κ3) is 1.62. The molecule has 1 saturated carbocycles. The molecule has 2 heterocycles. The molecule has 3 rings (SSSR count). The summed E-state index contributed by atoms with van der Waals surface area (Å²) in [5, 5.41) is 3.93. The Bertz CT molecular complexity index is 235. The molecule has 2 heteroatoms. The van der Waals surface area contributed by atoms with E-state index in [0.29, 0.717) is 17.7 Å². The summed E-state index contributed by atoms with van der Waals surface area (Å²) in [6.07, 6.45) is 10.2. The molecule has 1 aliphatic carbocycles. The Morgan fingerprint density at radius 1 is 1.27 bits per heavy atom. The van der Waals surface area contributed by atoms with E-state index < -0.39 is 0 Å². The SMILES string of the molecule is CCC1OCC2NC3(CCCC3)CCC21. The average Bonchev–Trinajstić information content (AvgIpc) is 2.85. The molecule has 15 heavy (non-hydrogen) atoms. The fraction of sp³-hybridized carbons (Fsp3) is 1.00. The summed E-state index contributed by atoms with van der Waals surface area (Å²) < 4.78 is 5.89. The van der Waals surface area contributed by atoms with Crippen molar-refractivity contribution in [3.8, 4) is 0 Å². The zero-order valence-electron chi connectivity index (χ0n) is 9.80. The van der Waals surface area contributed by atoms with Crippen LogP contribution >= 0.6 is 0 Å². The van der Waals surface area contributed by atoms with Crippen molar-refractivity contribution < 1.29 is 4.74 Å². The number of hydrogen-bond acceptors (Lipinski definition) is 2. The van der Waals surface area contributed by atoms with Crippen molar-refractivity contribution >= 4 is 0 Å². The summed E-state index contributed by atoms with van der Waals surface area (Å²) in [7, 11) is 0. The van der Waals surface area contributed by atoms with E-state index >= 15 is 0 Å². The zero-order chi connectivity index (χ0) is 10.3. The molecule has 1 spiro atoms. The largest absolute Gasteiger partial charge is 0.376 e. The molecule has 0 aromatic rings. The molecule has 3 aliphatic rings. The molecule has 0 amide bonds. The molecule has 1 N–H and O–H groups in total. The van der Waals surface area contributed by atoms with E-state index in [2.05, 4.69) is 12.2 Å². The number of nitrogens with one attached hydrogen (secondary N) is 1. The van der Waals surface area contributed by atoms with Crippen LogP contribution in [0.25, 0.3) is 0 Å². The molecule has 3 unspecified atom stereocenters. The molecular weight excluding hydrogens is 186 g/mol. The summed E-state index contributed by atoms with van der Waals surface area (Å²) in [4.78, 5) is 0. The Morgan fingerprint density at radius 2 is 2.07 bits per heavy atom. The average molecular weight is 209 g/mol. The van der Waals surface area contributed by atoms with Gasteiger partial charge in [-0.05, 0) is 32.1 Å². The maximum Gasteiger partial charge on any atom is 0.0627 e. The molecule has 2 aliphatic heterocycles. The fourth-order valence-corrected chi connectivity index (χ4v) is 4.04. The minimum Gasteiger partial charge on any atom is -0.376 e. The Balaban J connectivity index is 1.70. The molecular formula is C13H23NO. The minimum atomic E-state index is 0.521. The van der Waals surface area contributed by atoms with Gasteiger partial charge in [0.25, 0.3) is 0 Å². The van der Waals surface area contributed by atoms with E-state index in [1.807, 2.05) is 0 Å². The molecule has 0 radical (unpaired) electrons. The van der Waals surface area contributed by atoms with E-state index in [1.165, 1.54) is 44.9 Å². The molecule has 2 nitrogen and oxygen atoms in total. The molecule has 2 saturated heterocycles. The Kier molecular flexibility index (Phi) is 2.52. The summed E-state index contributed by atoms with van der Waals surface area (Å²) in [5.74, 6) is 0.807. The van der Waals surface area contributed by atoms with E-state index in [9.17, 15) is 0 Å². The van der Waals surface area contributed by atoms with Gasteiger partial charge >= 0.3 is 0 Å². The highest BCUT2D eigenvalue weighted by molar-refractivity contribution is 5.03. The van der Waals surface area contributed by atoms with Crippen LogP contribution in [0.1, 0.15) is 51.9 Å². The van der Waals surface area contributed by atoms with E-state index in [1.54, 1.807) is 0 Å². The van der Waals surface area contributed by atoms with E-state index in [-0.39, 0.29) is 0 Å². The van der Waals surface area contributed by atoms with Crippen LogP contribution in [0.4, 0.5) is 0 Å². The standard InChI is InChI=1S/C13H23NO/c1-2-12-10-5-8-13(6-3-4-7-13)14-11(10)9-15-12/h10-12,14H,2-9H2,1H3. The monoisotopic (exact) mass is 209 g/mol. The van der Waals surface area contributed by atoms with Gasteiger partial charge in [0, 0.05) is 17.5 Å². The van der Waals surface area contributed by atoms with Crippen LogP contribution < -0.4 is 5.32 Å². The summed E-state index contributed by atoms with van der Waals surface area (Å²) in [6, 6.07) is 0.668. The van der Waals surface area contributed by atoms with Crippen LogP contribution in [-0.2, 0) is 4.74 Å². The molecule has 86 valence electrons. The van der Waals surface area contributed by atoms with Crippen molar-refractivity contribution in [2.45, 2.75) is 69.6 Å². The normalized spacial score (nSPS) is 43.4. The maximum atomic E-state index is 5.89. The van der Waals surface area contributed by atoms with Gasteiger partial charge in [-0.1, -0.05) is 19.8 Å². The highest BCUT2D eigenvalue weighted by atomic mass is 16.5. The van der Waals surface area contributed by atoms with Crippen molar-refractivity contribution in [2.75, 3.05) is 6.61 Å². The minimum absolute atomic E-state index is 0.521. The highest BCUT2D eigenvalue weighted by Gasteiger charge is 2.46. The van der Waals surface area contributed by atoms with Gasteiger partial charge in [0.15, 0.2) is 0 Å². The van der Waals surface area contributed by atoms with Gasteiger partial charge in [0.1, 0.15) is 0 Å². The third-order valence-corrected chi connectivity index (χ3v) is 4.90. The molecule has 3 atom stereocenters. The Labute approximate surface area is 92.8 Å². The van der Waals surface area contributed by atoms with Crippen molar-refractivity contribution in [2.24, 2.45) is 5.92 Å². The lowest BCUT2D eigenvalue weighted by Crippen LogP contribution is -2.55. The Hall–Kier alpha value is -0.0800. The number of piperidine rings is 1. The molecule has 0 bridgehead atoms. The van der Waals surface area contributed by atoms with Gasteiger partial charge in [-0.2, -0.15) is 0 Å². The first-order valence-electron chi connectivity index (χ1n) is 6.72.